The molecule has 0 bridgehead atoms. The lowest BCUT2D eigenvalue weighted by Gasteiger charge is -2.35. The van der Waals surface area contributed by atoms with Crippen LogP contribution in [0.15, 0.2) is 53.4 Å². The highest BCUT2D eigenvalue weighted by Crippen LogP contribution is 2.24. The maximum absolute atomic E-state index is 13.0. The first-order chi connectivity index (χ1) is 15.3. The van der Waals surface area contributed by atoms with Crippen molar-refractivity contribution in [2.24, 2.45) is 5.92 Å². The zero-order valence-electron chi connectivity index (χ0n) is 18.5. The molecule has 1 atom stereocenters. The Morgan fingerprint density at radius 1 is 0.969 bits per heavy atom. The van der Waals surface area contributed by atoms with Gasteiger partial charge in [0.25, 0.3) is 0 Å². The van der Waals surface area contributed by atoms with Crippen LogP contribution < -0.4 is 0 Å². The number of benzene rings is 2. The van der Waals surface area contributed by atoms with Crippen LogP contribution in [0.3, 0.4) is 0 Å². The fraction of sp³-hybridized carbons (Fsp3) is 0.417. The fourth-order valence-corrected chi connectivity index (χ4v) is 5.83. The summed E-state index contributed by atoms with van der Waals surface area (Å²) in [5.41, 5.74) is 3.02. The summed E-state index contributed by atoms with van der Waals surface area (Å²) in [6.07, 6.45) is 0.215. The van der Waals surface area contributed by atoms with Gasteiger partial charge in [0.05, 0.1) is 10.8 Å². The van der Waals surface area contributed by atoms with E-state index >= 15 is 0 Å². The monoisotopic (exact) mass is 455 g/mol. The summed E-state index contributed by atoms with van der Waals surface area (Å²) in [5.74, 6) is -0.436. The average Bonchev–Trinajstić information content (AvgIpc) is 3.16. The molecule has 32 heavy (non-hydrogen) atoms. The van der Waals surface area contributed by atoms with Gasteiger partial charge in [0, 0.05) is 45.7 Å². The molecule has 4 rings (SSSR count). The molecule has 2 fully saturated rings. The number of hydrogen-bond donors (Lipinski definition) is 0. The molecule has 170 valence electrons. The molecule has 7 nitrogen and oxygen atoms in total. The molecule has 1 unspecified atom stereocenters. The number of piperazine rings is 1. The molecule has 8 heteroatoms. The van der Waals surface area contributed by atoms with E-state index in [0.717, 1.165) is 16.7 Å². The molecule has 2 aliphatic rings. The summed E-state index contributed by atoms with van der Waals surface area (Å²) in [7, 11) is -3.59. The first kappa shape index (κ1) is 22.5. The summed E-state index contributed by atoms with van der Waals surface area (Å²) in [4.78, 5) is 29.2. The minimum Gasteiger partial charge on any atom is -0.340 e. The predicted molar refractivity (Wildman–Crippen MR) is 121 cm³/mol. The van der Waals surface area contributed by atoms with Gasteiger partial charge in [-0.3, -0.25) is 9.59 Å². The van der Waals surface area contributed by atoms with Gasteiger partial charge in [0.15, 0.2) is 0 Å². The van der Waals surface area contributed by atoms with Crippen LogP contribution in [0.4, 0.5) is 0 Å². The van der Waals surface area contributed by atoms with E-state index in [0.29, 0.717) is 31.1 Å². The first-order valence-electron chi connectivity index (χ1n) is 10.9. The zero-order chi connectivity index (χ0) is 22.9. The van der Waals surface area contributed by atoms with Crippen molar-refractivity contribution < 1.29 is 18.0 Å². The summed E-state index contributed by atoms with van der Waals surface area (Å²) < 4.78 is 27.5. The third-order valence-corrected chi connectivity index (χ3v) is 8.34. The van der Waals surface area contributed by atoms with Gasteiger partial charge in [0.1, 0.15) is 0 Å². The van der Waals surface area contributed by atoms with Crippen molar-refractivity contribution in [3.8, 4) is 0 Å². The minimum atomic E-state index is -3.59. The van der Waals surface area contributed by atoms with Crippen molar-refractivity contribution in [1.29, 1.82) is 0 Å². The van der Waals surface area contributed by atoms with Gasteiger partial charge in [-0.15, -0.1) is 0 Å². The number of nitrogens with zero attached hydrogens (tertiary/aromatic N) is 3. The second-order valence-corrected chi connectivity index (χ2v) is 10.6. The molecule has 0 radical (unpaired) electrons. The van der Waals surface area contributed by atoms with Gasteiger partial charge in [-0.2, -0.15) is 4.31 Å². The highest BCUT2D eigenvalue weighted by Gasteiger charge is 2.38. The molecule has 0 spiro atoms. The Labute approximate surface area is 189 Å². The molecular formula is C24H29N3O4S. The number of hydrogen-bond acceptors (Lipinski definition) is 4. The fourth-order valence-electron chi connectivity index (χ4n) is 4.32. The molecule has 2 aliphatic heterocycles. The third-order valence-electron chi connectivity index (χ3n) is 6.45. The van der Waals surface area contributed by atoms with Gasteiger partial charge in [-0.1, -0.05) is 36.4 Å². The maximum atomic E-state index is 13.0. The van der Waals surface area contributed by atoms with E-state index in [1.807, 2.05) is 50.2 Å². The third kappa shape index (κ3) is 4.56. The molecule has 2 aromatic carbocycles. The predicted octanol–water partition coefficient (Wildman–Crippen LogP) is 2.19. The first-order valence-corrected chi connectivity index (χ1v) is 12.4. The zero-order valence-corrected chi connectivity index (χ0v) is 19.3. The van der Waals surface area contributed by atoms with Crippen LogP contribution in [0.2, 0.25) is 0 Å². The van der Waals surface area contributed by atoms with Crippen LogP contribution in [-0.2, 0) is 26.2 Å². The molecule has 0 saturated carbocycles. The van der Waals surface area contributed by atoms with Gasteiger partial charge in [-0.05, 0) is 42.7 Å². The van der Waals surface area contributed by atoms with Crippen molar-refractivity contribution in [3.63, 3.8) is 0 Å². The van der Waals surface area contributed by atoms with E-state index in [1.54, 1.807) is 21.9 Å². The van der Waals surface area contributed by atoms with Crippen LogP contribution >= 0.6 is 0 Å². The summed E-state index contributed by atoms with van der Waals surface area (Å²) in [6.45, 7) is 5.96. The van der Waals surface area contributed by atoms with Gasteiger partial charge < -0.3 is 9.80 Å². The van der Waals surface area contributed by atoms with Crippen molar-refractivity contribution in [3.05, 3.63) is 65.2 Å². The second-order valence-electron chi connectivity index (χ2n) is 8.64. The van der Waals surface area contributed by atoms with Crippen LogP contribution in [-0.4, -0.2) is 67.1 Å². The molecule has 0 aliphatic carbocycles. The van der Waals surface area contributed by atoms with Crippen molar-refractivity contribution in [2.45, 2.75) is 31.7 Å². The van der Waals surface area contributed by atoms with Crippen molar-refractivity contribution >= 4 is 21.8 Å². The summed E-state index contributed by atoms with van der Waals surface area (Å²) in [5, 5.41) is 0. The number of amides is 2. The minimum absolute atomic E-state index is 0.0110. The smallest absolute Gasteiger partial charge is 0.243 e. The number of carbonyl (C=O) groups excluding carboxylic acids is 2. The van der Waals surface area contributed by atoms with Gasteiger partial charge >= 0.3 is 0 Å². The standard InChI is InChI=1S/C24H29N3O4S/c1-18-8-9-22(14-19(18)2)32(30,31)27-12-10-25(11-13-27)24(29)21-15-23(28)26(17-21)16-20-6-4-3-5-7-20/h3-9,14,21H,10-13,15-17H2,1-2H3. The highest BCUT2D eigenvalue weighted by molar-refractivity contribution is 7.89. The number of sulfonamides is 1. The van der Waals surface area contributed by atoms with E-state index in [1.165, 1.54) is 4.31 Å². The van der Waals surface area contributed by atoms with Crippen LogP contribution in [0.1, 0.15) is 23.1 Å². The van der Waals surface area contributed by atoms with E-state index in [9.17, 15) is 18.0 Å². The van der Waals surface area contributed by atoms with E-state index < -0.39 is 10.0 Å². The number of likely N-dealkylation sites (tertiary alicyclic amines) is 1. The number of carbonyl (C=O) groups is 2. The number of rotatable bonds is 5. The van der Waals surface area contributed by atoms with Crippen molar-refractivity contribution in [2.75, 3.05) is 32.7 Å². The highest BCUT2D eigenvalue weighted by atomic mass is 32.2. The maximum Gasteiger partial charge on any atom is 0.243 e. The summed E-state index contributed by atoms with van der Waals surface area (Å²) >= 11 is 0. The Morgan fingerprint density at radius 3 is 2.31 bits per heavy atom. The molecule has 2 aromatic rings. The molecule has 2 amide bonds. The Morgan fingerprint density at radius 2 is 1.66 bits per heavy atom. The van der Waals surface area contributed by atoms with E-state index in [2.05, 4.69) is 0 Å². The lowest BCUT2D eigenvalue weighted by atomic mass is 10.1. The topological polar surface area (TPSA) is 78.0 Å². The molecule has 0 N–H and O–H groups in total. The second kappa shape index (κ2) is 9.03. The van der Waals surface area contributed by atoms with Gasteiger partial charge in [-0.25, -0.2) is 8.42 Å². The molecular weight excluding hydrogens is 426 g/mol. The van der Waals surface area contributed by atoms with Crippen LogP contribution in [0.25, 0.3) is 0 Å². The average molecular weight is 456 g/mol. The summed E-state index contributed by atoms with van der Waals surface area (Å²) in [6, 6.07) is 14.9. The largest absolute Gasteiger partial charge is 0.340 e. The lowest BCUT2D eigenvalue weighted by molar-refractivity contribution is -0.137. The Kier molecular flexibility index (Phi) is 6.35. The van der Waals surface area contributed by atoms with Crippen molar-refractivity contribution in [1.82, 2.24) is 14.1 Å². The molecule has 0 aromatic heterocycles. The number of aryl methyl sites for hydroxylation is 2. The van der Waals surface area contributed by atoms with E-state index in [-0.39, 0.29) is 37.2 Å². The molecule has 2 heterocycles. The normalized spacial score (nSPS) is 20.1. The molecule has 2 saturated heterocycles. The SMILES string of the molecule is Cc1ccc(S(=O)(=O)N2CCN(C(=O)C3CC(=O)N(Cc4ccccc4)C3)CC2)cc1C. The van der Waals surface area contributed by atoms with Gasteiger partial charge in [0.2, 0.25) is 21.8 Å². The Hall–Kier alpha value is -2.71. The van der Waals surface area contributed by atoms with Crippen LogP contribution in [0, 0.1) is 19.8 Å². The Bertz CT molecular complexity index is 1110. The lowest BCUT2D eigenvalue weighted by Crippen LogP contribution is -2.52. The Balaban J connectivity index is 1.35. The quantitative estimate of drug-likeness (QED) is 0.692. The van der Waals surface area contributed by atoms with Crippen LogP contribution in [0.5, 0.6) is 0 Å². The van der Waals surface area contributed by atoms with E-state index in [4.69, 9.17) is 0 Å².